The molecule has 1 radical (unpaired) electrons. The third kappa shape index (κ3) is 3.02. The normalized spacial score (nSPS) is 18.2. The van der Waals surface area contributed by atoms with E-state index in [0.29, 0.717) is 17.6 Å². The summed E-state index contributed by atoms with van der Waals surface area (Å²) in [5.41, 5.74) is 3.11. The van der Waals surface area contributed by atoms with Crippen LogP contribution in [0, 0.1) is 16.2 Å². The first kappa shape index (κ1) is 15.0. The van der Waals surface area contributed by atoms with Crippen molar-refractivity contribution in [3.8, 4) is 0 Å². The summed E-state index contributed by atoms with van der Waals surface area (Å²) < 4.78 is 4.84. The van der Waals surface area contributed by atoms with Gasteiger partial charge in [-0.3, -0.25) is 10.1 Å². The Morgan fingerprint density at radius 1 is 1.43 bits per heavy atom. The monoisotopic (exact) mass is 286 g/mol. The number of ether oxygens (including phenoxy) is 1. The maximum absolute atomic E-state index is 12.0. The molecule has 0 aliphatic heterocycles. The molecule has 1 aromatic rings. The van der Waals surface area contributed by atoms with Gasteiger partial charge in [0.25, 0.3) is 5.69 Å². The van der Waals surface area contributed by atoms with Gasteiger partial charge in [-0.1, -0.05) is 23.3 Å². The molecule has 1 aliphatic rings. The van der Waals surface area contributed by atoms with Crippen molar-refractivity contribution >= 4 is 11.7 Å². The van der Waals surface area contributed by atoms with Crippen LogP contribution >= 0.6 is 0 Å². The molecule has 109 valence electrons. The van der Waals surface area contributed by atoms with Gasteiger partial charge >= 0.3 is 5.97 Å². The zero-order valence-corrected chi connectivity index (χ0v) is 12.2. The van der Waals surface area contributed by atoms with Gasteiger partial charge in [0, 0.05) is 23.6 Å². The number of carbonyl (C=O) groups excluding carboxylic acids is 1. The number of nitrogens with zero attached hydrogens (tertiary/aromatic N) is 1. The van der Waals surface area contributed by atoms with Crippen molar-refractivity contribution in [3.05, 3.63) is 62.7 Å². The minimum absolute atomic E-state index is 0.000560. The fourth-order valence-corrected chi connectivity index (χ4v) is 2.58. The lowest BCUT2D eigenvalue weighted by Gasteiger charge is -2.23. The number of benzene rings is 1. The Kier molecular flexibility index (Phi) is 4.21. The Hall–Kier alpha value is -2.43. The molecule has 0 amide bonds. The molecular formula is C16H16NO4. The van der Waals surface area contributed by atoms with Gasteiger partial charge in [0.15, 0.2) is 0 Å². The molecule has 21 heavy (non-hydrogen) atoms. The first-order valence-electron chi connectivity index (χ1n) is 6.55. The Bertz CT molecular complexity index is 658. The number of hydrogen-bond acceptors (Lipinski definition) is 4. The van der Waals surface area contributed by atoms with Crippen molar-refractivity contribution in [2.45, 2.75) is 26.2 Å². The van der Waals surface area contributed by atoms with E-state index in [9.17, 15) is 14.9 Å². The van der Waals surface area contributed by atoms with Gasteiger partial charge in [-0.2, -0.15) is 0 Å². The number of esters is 1. The smallest absolute Gasteiger partial charge is 0.334 e. The third-order valence-corrected chi connectivity index (χ3v) is 3.49. The highest BCUT2D eigenvalue weighted by molar-refractivity contribution is 5.92. The fourth-order valence-electron chi connectivity index (χ4n) is 2.58. The van der Waals surface area contributed by atoms with E-state index >= 15 is 0 Å². The molecule has 1 aliphatic carbocycles. The van der Waals surface area contributed by atoms with Crippen LogP contribution in [0.4, 0.5) is 5.69 Å². The lowest BCUT2D eigenvalue weighted by Crippen LogP contribution is -2.18. The van der Waals surface area contributed by atoms with Crippen LogP contribution in [0.3, 0.4) is 0 Å². The van der Waals surface area contributed by atoms with E-state index < -0.39 is 16.8 Å². The number of allylic oxidation sites excluding steroid dienone is 3. The van der Waals surface area contributed by atoms with Crippen LogP contribution in [-0.4, -0.2) is 18.0 Å². The quantitative estimate of drug-likeness (QED) is 0.485. The van der Waals surface area contributed by atoms with E-state index in [-0.39, 0.29) is 5.69 Å². The second-order valence-electron chi connectivity index (χ2n) is 5.07. The summed E-state index contributed by atoms with van der Waals surface area (Å²) in [4.78, 5) is 22.5. The van der Waals surface area contributed by atoms with Crippen LogP contribution in [0.2, 0.25) is 0 Å². The molecule has 0 saturated heterocycles. The van der Waals surface area contributed by atoms with Gasteiger partial charge in [-0.15, -0.1) is 0 Å². The van der Waals surface area contributed by atoms with E-state index in [1.165, 1.54) is 19.2 Å². The summed E-state index contributed by atoms with van der Waals surface area (Å²) in [6.45, 7) is 3.81. The Morgan fingerprint density at radius 3 is 2.76 bits per heavy atom. The van der Waals surface area contributed by atoms with Crippen molar-refractivity contribution in [1.82, 2.24) is 0 Å². The number of carbonyl (C=O) groups is 1. The average Bonchev–Trinajstić information content (AvgIpc) is 2.45. The molecule has 0 N–H and O–H groups in total. The van der Waals surface area contributed by atoms with Gasteiger partial charge < -0.3 is 4.74 Å². The average molecular weight is 286 g/mol. The standard InChI is InChI=1S/C16H16NO4/c1-10-7-11(2)15(16(18)21-3)14(8-10)12-5-4-6-13(9-12)17(19)20/h4-6,9,14H,7H2,1-3H3. The number of rotatable bonds is 3. The van der Waals surface area contributed by atoms with Crippen molar-refractivity contribution in [2.75, 3.05) is 7.11 Å². The third-order valence-electron chi connectivity index (χ3n) is 3.49. The minimum Gasteiger partial charge on any atom is -0.466 e. The zero-order valence-electron chi connectivity index (χ0n) is 12.2. The molecule has 0 heterocycles. The highest BCUT2D eigenvalue weighted by Crippen LogP contribution is 2.36. The SMILES string of the molecule is COC(=O)C1=C(C)CC(C)=[C]C1c1cccc([N+](=O)[O-])c1. The highest BCUT2D eigenvalue weighted by atomic mass is 16.6. The number of methoxy groups -OCH3 is 1. The molecule has 0 saturated carbocycles. The summed E-state index contributed by atoms with van der Waals surface area (Å²) in [5, 5.41) is 10.9. The van der Waals surface area contributed by atoms with Gasteiger partial charge in [0.2, 0.25) is 0 Å². The molecule has 0 bridgehead atoms. The van der Waals surface area contributed by atoms with E-state index in [2.05, 4.69) is 6.08 Å². The van der Waals surface area contributed by atoms with Crippen LogP contribution in [0.15, 0.2) is 41.0 Å². The summed E-state index contributed by atoms with van der Waals surface area (Å²) in [5.74, 6) is -0.838. The van der Waals surface area contributed by atoms with E-state index in [4.69, 9.17) is 4.74 Å². The molecule has 1 atom stereocenters. The molecule has 2 rings (SSSR count). The number of non-ortho nitro benzene ring substituents is 1. The molecule has 1 unspecified atom stereocenters. The first-order chi connectivity index (χ1) is 9.93. The molecule has 1 aromatic carbocycles. The summed E-state index contributed by atoms with van der Waals surface area (Å²) in [6, 6.07) is 6.28. The molecular weight excluding hydrogens is 270 g/mol. The predicted octanol–water partition coefficient (Wildman–Crippen LogP) is 3.32. The molecule has 5 heteroatoms. The molecule has 0 aromatic heterocycles. The van der Waals surface area contributed by atoms with E-state index in [1.54, 1.807) is 12.1 Å². The maximum Gasteiger partial charge on any atom is 0.334 e. The van der Waals surface area contributed by atoms with Crippen LogP contribution in [0.25, 0.3) is 0 Å². The number of hydrogen-bond donors (Lipinski definition) is 0. The first-order valence-corrected chi connectivity index (χ1v) is 6.55. The van der Waals surface area contributed by atoms with Crippen LogP contribution in [0.1, 0.15) is 31.7 Å². The second-order valence-corrected chi connectivity index (χ2v) is 5.07. The maximum atomic E-state index is 12.0. The van der Waals surface area contributed by atoms with Crippen LogP contribution < -0.4 is 0 Å². The fraction of sp³-hybridized carbons (Fsp3) is 0.312. The summed E-state index contributed by atoms with van der Waals surface area (Å²) in [6.07, 6.45) is 3.89. The summed E-state index contributed by atoms with van der Waals surface area (Å²) in [7, 11) is 1.33. The van der Waals surface area contributed by atoms with Gasteiger partial charge in [-0.05, 0) is 31.9 Å². The molecule has 0 fully saturated rings. The lowest BCUT2D eigenvalue weighted by molar-refractivity contribution is -0.384. The predicted molar refractivity (Wildman–Crippen MR) is 77.6 cm³/mol. The largest absolute Gasteiger partial charge is 0.466 e. The molecule has 5 nitrogen and oxygen atoms in total. The zero-order chi connectivity index (χ0) is 15.6. The Balaban J connectivity index is 2.52. The topological polar surface area (TPSA) is 69.4 Å². The van der Waals surface area contributed by atoms with E-state index in [1.807, 2.05) is 13.8 Å². The Labute approximate surface area is 123 Å². The second kappa shape index (κ2) is 5.91. The minimum atomic E-state index is -0.447. The van der Waals surface area contributed by atoms with E-state index in [0.717, 1.165) is 11.1 Å². The molecule has 0 spiro atoms. The number of nitro benzene ring substituents is 1. The number of nitro groups is 1. The van der Waals surface area contributed by atoms with Crippen LogP contribution in [0.5, 0.6) is 0 Å². The van der Waals surface area contributed by atoms with Gasteiger partial charge in [0.1, 0.15) is 0 Å². The van der Waals surface area contributed by atoms with Gasteiger partial charge in [0.05, 0.1) is 12.0 Å². The van der Waals surface area contributed by atoms with Crippen LogP contribution in [-0.2, 0) is 9.53 Å². The van der Waals surface area contributed by atoms with Gasteiger partial charge in [-0.25, -0.2) is 4.79 Å². The van der Waals surface area contributed by atoms with Crippen molar-refractivity contribution < 1.29 is 14.5 Å². The van der Waals surface area contributed by atoms with Crippen molar-refractivity contribution in [2.24, 2.45) is 0 Å². The lowest BCUT2D eigenvalue weighted by atomic mass is 9.81. The Morgan fingerprint density at radius 2 is 2.14 bits per heavy atom. The highest BCUT2D eigenvalue weighted by Gasteiger charge is 2.28. The van der Waals surface area contributed by atoms with Crippen molar-refractivity contribution in [1.29, 1.82) is 0 Å². The summed E-state index contributed by atoms with van der Waals surface area (Å²) >= 11 is 0. The van der Waals surface area contributed by atoms with Crippen molar-refractivity contribution in [3.63, 3.8) is 0 Å².